The van der Waals surface area contributed by atoms with Gasteiger partial charge in [-0.2, -0.15) is 0 Å². The van der Waals surface area contributed by atoms with E-state index in [9.17, 15) is 0 Å². The largest absolute Gasteiger partial charge is 0.324 e. The van der Waals surface area contributed by atoms with Crippen LogP contribution in [-0.2, 0) is 0 Å². The molecule has 0 aliphatic rings. The van der Waals surface area contributed by atoms with E-state index < -0.39 is 0 Å². The highest BCUT2D eigenvalue weighted by atomic mass is 15.1. The van der Waals surface area contributed by atoms with Crippen LogP contribution in [0.1, 0.15) is 33.6 Å². The molecule has 0 fully saturated rings. The van der Waals surface area contributed by atoms with Gasteiger partial charge in [0.2, 0.25) is 0 Å². The van der Waals surface area contributed by atoms with E-state index in [0.29, 0.717) is 0 Å². The Bertz CT molecular complexity index is 155. The van der Waals surface area contributed by atoms with Crippen LogP contribution in [0.25, 0.3) is 0 Å². The van der Waals surface area contributed by atoms with Gasteiger partial charge in [-0.1, -0.05) is 13.8 Å². The van der Waals surface area contributed by atoms with Crippen molar-refractivity contribution in [2.45, 2.75) is 39.2 Å². The van der Waals surface area contributed by atoms with E-state index in [1.54, 1.807) is 0 Å². The molecule has 0 spiro atoms. The molecule has 0 saturated carbocycles. The number of hydrogen-bond donors (Lipinski definition) is 1. The van der Waals surface area contributed by atoms with Gasteiger partial charge in [0.05, 0.1) is 0 Å². The lowest BCUT2D eigenvalue weighted by Gasteiger charge is -2.31. The highest BCUT2D eigenvalue weighted by Crippen LogP contribution is 2.07. The van der Waals surface area contributed by atoms with Crippen LogP contribution in [0.5, 0.6) is 0 Å². The molecule has 0 aromatic heterocycles. The maximum atomic E-state index is 6.17. The molecule has 0 aliphatic carbocycles. The van der Waals surface area contributed by atoms with Crippen LogP contribution in [0.2, 0.25) is 0 Å². The highest BCUT2D eigenvalue weighted by molar-refractivity contribution is 4.80. The van der Waals surface area contributed by atoms with E-state index in [2.05, 4.69) is 44.7 Å². The molecule has 1 unspecified atom stereocenters. The molecule has 92 valence electrons. The summed E-state index contributed by atoms with van der Waals surface area (Å²) < 4.78 is 0. The number of likely N-dealkylation sites (N-methyl/N-ethyl adjacent to an activating group) is 1. The fraction of sp³-hybridized carbons (Fsp3) is 1.00. The molecule has 2 N–H and O–H groups in total. The Morgan fingerprint density at radius 1 is 1.13 bits per heavy atom. The van der Waals surface area contributed by atoms with Gasteiger partial charge in [0.25, 0.3) is 0 Å². The third-order valence-corrected chi connectivity index (χ3v) is 2.92. The zero-order valence-corrected chi connectivity index (χ0v) is 11.2. The molecule has 0 aromatic carbocycles. The first-order chi connectivity index (χ1) is 6.91. The number of hydrogen-bond acceptors (Lipinski definition) is 3. The predicted molar refractivity (Wildman–Crippen MR) is 68.2 cm³/mol. The Kier molecular flexibility index (Phi) is 7.14. The van der Waals surface area contributed by atoms with E-state index >= 15 is 0 Å². The van der Waals surface area contributed by atoms with Gasteiger partial charge in [0.15, 0.2) is 0 Å². The Hall–Kier alpha value is -0.120. The minimum absolute atomic E-state index is 0.0336. The van der Waals surface area contributed by atoms with E-state index in [1.807, 2.05) is 0 Å². The van der Waals surface area contributed by atoms with Gasteiger partial charge >= 0.3 is 0 Å². The van der Waals surface area contributed by atoms with Gasteiger partial charge in [0.1, 0.15) is 0 Å². The second-order valence-electron chi connectivity index (χ2n) is 5.03. The van der Waals surface area contributed by atoms with Crippen LogP contribution in [0.4, 0.5) is 0 Å². The minimum atomic E-state index is -0.0336. The summed E-state index contributed by atoms with van der Waals surface area (Å²) in [7, 11) is 4.24. The zero-order valence-electron chi connectivity index (χ0n) is 11.2. The van der Waals surface area contributed by atoms with Gasteiger partial charge < -0.3 is 15.5 Å². The third kappa shape index (κ3) is 7.77. The summed E-state index contributed by atoms with van der Waals surface area (Å²) in [5.41, 5.74) is 6.14. The molecular weight excluding hydrogens is 186 g/mol. The summed E-state index contributed by atoms with van der Waals surface area (Å²) in [6.07, 6.45) is 2.26. The molecule has 0 radical (unpaired) electrons. The molecule has 0 rings (SSSR count). The molecule has 0 aromatic rings. The molecule has 3 heteroatoms. The van der Waals surface area contributed by atoms with Crippen molar-refractivity contribution < 1.29 is 0 Å². The predicted octanol–water partition coefficient (Wildman–Crippen LogP) is 1.39. The number of nitrogens with zero attached hydrogens (tertiary/aromatic N) is 2. The van der Waals surface area contributed by atoms with Crippen molar-refractivity contribution in [3.8, 4) is 0 Å². The fourth-order valence-electron chi connectivity index (χ4n) is 1.58. The average Bonchev–Trinajstić information content (AvgIpc) is 2.15. The molecule has 3 nitrogen and oxygen atoms in total. The second kappa shape index (κ2) is 7.20. The summed E-state index contributed by atoms with van der Waals surface area (Å²) in [4.78, 5) is 4.68. The van der Waals surface area contributed by atoms with E-state index in [1.165, 1.54) is 6.42 Å². The third-order valence-electron chi connectivity index (χ3n) is 2.92. The SMILES string of the molecule is CCN(CCCN(C)C)CC(C)(N)CC. The van der Waals surface area contributed by atoms with Gasteiger partial charge in [-0.3, -0.25) is 0 Å². The normalized spacial score (nSPS) is 16.0. The van der Waals surface area contributed by atoms with Crippen LogP contribution in [0.15, 0.2) is 0 Å². The van der Waals surface area contributed by atoms with E-state index in [4.69, 9.17) is 5.73 Å². The summed E-state index contributed by atoms with van der Waals surface area (Å²) in [5.74, 6) is 0. The van der Waals surface area contributed by atoms with Crippen LogP contribution in [-0.4, -0.2) is 55.6 Å². The van der Waals surface area contributed by atoms with Crippen LogP contribution in [0, 0.1) is 0 Å². The molecule has 0 amide bonds. The van der Waals surface area contributed by atoms with Crippen molar-refractivity contribution >= 4 is 0 Å². The summed E-state index contributed by atoms with van der Waals surface area (Å²) in [6.45, 7) is 10.9. The quantitative estimate of drug-likeness (QED) is 0.664. The van der Waals surface area contributed by atoms with Crippen LogP contribution in [0.3, 0.4) is 0 Å². The standard InChI is InChI=1S/C12H29N3/c1-6-12(3,13)11-15(7-2)10-8-9-14(4)5/h6-11,13H2,1-5H3. The molecular formula is C12H29N3. The molecule has 1 atom stereocenters. The van der Waals surface area contributed by atoms with Crippen molar-refractivity contribution in [3.63, 3.8) is 0 Å². The Morgan fingerprint density at radius 3 is 2.13 bits per heavy atom. The summed E-state index contributed by atoms with van der Waals surface area (Å²) >= 11 is 0. The van der Waals surface area contributed by atoms with E-state index in [0.717, 1.165) is 32.6 Å². The monoisotopic (exact) mass is 215 g/mol. The molecule has 0 aliphatic heterocycles. The first kappa shape index (κ1) is 14.9. The van der Waals surface area contributed by atoms with Gasteiger partial charge in [-0.05, 0) is 53.5 Å². The smallest absolute Gasteiger partial charge is 0.0252 e. The Balaban J connectivity index is 3.82. The maximum Gasteiger partial charge on any atom is 0.0252 e. The Labute approximate surface area is 95.6 Å². The van der Waals surface area contributed by atoms with Crippen molar-refractivity contribution in [1.29, 1.82) is 0 Å². The summed E-state index contributed by atoms with van der Waals surface area (Å²) in [6, 6.07) is 0. The summed E-state index contributed by atoms with van der Waals surface area (Å²) in [5, 5.41) is 0. The van der Waals surface area contributed by atoms with Crippen molar-refractivity contribution in [3.05, 3.63) is 0 Å². The topological polar surface area (TPSA) is 32.5 Å². The minimum Gasteiger partial charge on any atom is -0.324 e. The molecule has 15 heavy (non-hydrogen) atoms. The zero-order chi connectivity index (χ0) is 11.9. The maximum absolute atomic E-state index is 6.17. The van der Waals surface area contributed by atoms with Gasteiger partial charge in [-0.25, -0.2) is 0 Å². The fourth-order valence-corrected chi connectivity index (χ4v) is 1.58. The lowest BCUT2D eigenvalue weighted by Crippen LogP contribution is -2.47. The number of nitrogens with two attached hydrogens (primary N) is 1. The average molecular weight is 215 g/mol. The number of rotatable bonds is 8. The highest BCUT2D eigenvalue weighted by Gasteiger charge is 2.18. The van der Waals surface area contributed by atoms with E-state index in [-0.39, 0.29) is 5.54 Å². The molecule has 0 heterocycles. The lowest BCUT2D eigenvalue weighted by molar-refractivity contribution is 0.212. The van der Waals surface area contributed by atoms with Gasteiger partial charge in [0, 0.05) is 12.1 Å². The first-order valence-electron chi connectivity index (χ1n) is 6.07. The van der Waals surface area contributed by atoms with Crippen molar-refractivity contribution in [2.24, 2.45) is 5.73 Å². The van der Waals surface area contributed by atoms with Crippen LogP contribution >= 0.6 is 0 Å². The second-order valence-corrected chi connectivity index (χ2v) is 5.03. The lowest BCUT2D eigenvalue weighted by atomic mass is 10.00. The Morgan fingerprint density at radius 2 is 1.73 bits per heavy atom. The first-order valence-corrected chi connectivity index (χ1v) is 6.07. The van der Waals surface area contributed by atoms with Crippen LogP contribution < -0.4 is 5.73 Å². The van der Waals surface area contributed by atoms with Crippen molar-refractivity contribution in [2.75, 3.05) is 40.3 Å². The van der Waals surface area contributed by atoms with Gasteiger partial charge in [-0.15, -0.1) is 0 Å². The molecule has 0 bridgehead atoms. The van der Waals surface area contributed by atoms with Crippen molar-refractivity contribution in [1.82, 2.24) is 9.80 Å². The molecule has 0 saturated heterocycles.